The molecule has 0 radical (unpaired) electrons. The number of rotatable bonds is 2. The fraction of sp³-hybridized carbons (Fsp3) is 0.120. The molecule has 0 spiro atoms. The highest BCUT2D eigenvalue weighted by Crippen LogP contribution is 2.59. The summed E-state index contributed by atoms with van der Waals surface area (Å²) in [4.78, 5) is 0. The van der Waals surface area contributed by atoms with Crippen LogP contribution in [0.5, 0.6) is 0 Å². The summed E-state index contributed by atoms with van der Waals surface area (Å²) in [6.45, 7) is 0. The average molecular weight is 320 g/mol. The molecule has 0 aromatic heterocycles. The number of fused-ring (bicyclic) bond motifs is 3. The van der Waals surface area contributed by atoms with Gasteiger partial charge in [-0.3, -0.25) is 0 Å². The van der Waals surface area contributed by atoms with Crippen LogP contribution in [0.25, 0.3) is 0 Å². The largest absolute Gasteiger partial charge is 0.0789 e. The maximum absolute atomic E-state index is 2.41. The predicted molar refractivity (Wildman–Crippen MR) is 104 cm³/mol. The fourth-order valence-corrected chi connectivity index (χ4v) is 4.91. The molecule has 2 aliphatic rings. The van der Waals surface area contributed by atoms with Gasteiger partial charge in [-0.2, -0.15) is 0 Å². The summed E-state index contributed by atoms with van der Waals surface area (Å²) >= 11 is 0. The Kier molecular flexibility index (Phi) is 3.24. The summed E-state index contributed by atoms with van der Waals surface area (Å²) < 4.78 is 0. The maximum Gasteiger partial charge on any atom is 0.0525 e. The summed E-state index contributed by atoms with van der Waals surface area (Å²) in [5, 5.41) is 0. The summed E-state index contributed by atoms with van der Waals surface area (Å²) in [5.74, 6) is 0.835. The van der Waals surface area contributed by atoms with E-state index in [4.69, 9.17) is 0 Å². The van der Waals surface area contributed by atoms with Crippen molar-refractivity contribution in [3.05, 3.63) is 131 Å². The predicted octanol–water partition coefficient (Wildman–Crippen LogP) is 5.86. The van der Waals surface area contributed by atoms with Crippen LogP contribution in [0.15, 0.2) is 109 Å². The third-order valence-electron chi connectivity index (χ3n) is 5.84. The van der Waals surface area contributed by atoms with Crippen LogP contribution in [0.1, 0.15) is 28.2 Å². The first kappa shape index (κ1) is 14.5. The molecule has 2 atom stereocenters. The van der Waals surface area contributed by atoms with E-state index < -0.39 is 0 Å². The van der Waals surface area contributed by atoms with Crippen molar-refractivity contribution in [1.82, 2.24) is 0 Å². The smallest absolute Gasteiger partial charge is 0.0525 e. The van der Waals surface area contributed by atoms with E-state index in [2.05, 4.69) is 109 Å². The van der Waals surface area contributed by atoms with Crippen molar-refractivity contribution in [3.8, 4) is 0 Å². The van der Waals surface area contributed by atoms with E-state index >= 15 is 0 Å². The van der Waals surface area contributed by atoms with E-state index in [-0.39, 0.29) is 5.41 Å². The number of hydrogen-bond donors (Lipinski definition) is 0. The molecule has 0 bridgehead atoms. The van der Waals surface area contributed by atoms with Crippen molar-refractivity contribution in [2.75, 3.05) is 0 Å². The van der Waals surface area contributed by atoms with Crippen LogP contribution in [-0.2, 0) is 5.41 Å². The summed E-state index contributed by atoms with van der Waals surface area (Å²) in [6, 6.07) is 31.0. The van der Waals surface area contributed by atoms with Gasteiger partial charge in [0.2, 0.25) is 0 Å². The van der Waals surface area contributed by atoms with Crippen LogP contribution in [0, 0.1) is 5.92 Å². The Morgan fingerprint density at radius 1 is 0.560 bits per heavy atom. The molecule has 2 unspecified atom stereocenters. The second kappa shape index (κ2) is 5.60. The van der Waals surface area contributed by atoms with Gasteiger partial charge in [0.05, 0.1) is 5.41 Å². The second-order valence-electron chi connectivity index (χ2n) is 6.95. The third kappa shape index (κ3) is 1.94. The highest BCUT2D eigenvalue weighted by atomic mass is 14.5. The molecule has 2 aliphatic carbocycles. The molecule has 0 saturated heterocycles. The zero-order valence-corrected chi connectivity index (χ0v) is 14.0. The molecule has 25 heavy (non-hydrogen) atoms. The number of allylic oxidation sites excluding steroid dienone is 4. The van der Waals surface area contributed by atoms with Gasteiger partial charge in [0.15, 0.2) is 0 Å². The fourth-order valence-electron chi connectivity index (χ4n) is 4.91. The zero-order chi connectivity index (χ0) is 16.7. The SMILES string of the molecule is C1=CC2c3ccccc3C(c3ccccc3)(c3ccccc3)C2C=C1. The number of benzene rings is 3. The minimum Gasteiger partial charge on any atom is -0.0789 e. The molecule has 5 rings (SSSR count). The lowest BCUT2D eigenvalue weighted by atomic mass is 9.63. The van der Waals surface area contributed by atoms with E-state index in [0.29, 0.717) is 11.8 Å². The summed E-state index contributed by atoms with van der Waals surface area (Å²) in [6.07, 6.45) is 9.19. The minimum absolute atomic E-state index is 0.134. The lowest BCUT2D eigenvalue weighted by Gasteiger charge is -2.38. The van der Waals surface area contributed by atoms with Crippen molar-refractivity contribution in [3.63, 3.8) is 0 Å². The summed E-state index contributed by atoms with van der Waals surface area (Å²) in [5.41, 5.74) is 5.52. The molecule has 0 aliphatic heterocycles. The van der Waals surface area contributed by atoms with E-state index in [0.717, 1.165) is 0 Å². The second-order valence-corrected chi connectivity index (χ2v) is 6.95. The molecular formula is C25H20. The van der Waals surface area contributed by atoms with Crippen LogP contribution in [0.2, 0.25) is 0 Å². The minimum atomic E-state index is -0.134. The molecule has 0 heterocycles. The van der Waals surface area contributed by atoms with Gasteiger partial charge in [-0.15, -0.1) is 0 Å². The Morgan fingerprint density at radius 3 is 1.80 bits per heavy atom. The van der Waals surface area contributed by atoms with Crippen molar-refractivity contribution in [2.45, 2.75) is 11.3 Å². The van der Waals surface area contributed by atoms with E-state index in [1.165, 1.54) is 22.3 Å². The van der Waals surface area contributed by atoms with Crippen LogP contribution in [0.3, 0.4) is 0 Å². The third-order valence-corrected chi connectivity index (χ3v) is 5.84. The Labute approximate surface area is 149 Å². The van der Waals surface area contributed by atoms with E-state index in [1.807, 2.05) is 0 Å². The van der Waals surface area contributed by atoms with Crippen LogP contribution in [-0.4, -0.2) is 0 Å². The van der Waals surface area contributed by atoms with Gasteiger partial charge in [-0.25, -0.2) is 0 Å². The first-order valence-corrected chi connectivity index (χ1v) is 8.98. The topological polar surface area (TPSA) is 0 Å². The number of hydrogen-bond acceptors (Lipinski definition) is 0. The van der Waals surface area contributed by atoms with Crippen LogP contribution < -0.4 is 0 Å². The van der Waals surface area contributed by atoms with Gasteiger partial charge in [-0.05, 0) is 22.3 Å². The molecule has 0 amide bonds. The van der Waals surface area contributed by atoms with Gasteiger partial charge in [0.1, 0.15) is 0 Å². The highest BCUT2D eigenvalue weighted by molar-refractivity contribution is 5.62. The molecule has 120 valence electrons. The molecular weight excluding hydrogens is 300 g/mol. The van der Waals surface area contributed by atoms with Crippen LogP contribution >= 0.6 is 0 Å². The van der Waals surface area contributed by atoms with Gasteiger partial charge < -0.3 is 0 Å². The van der Waals surface area contributed by atoms with E-state index in [1.54, 1.807) is 0 Å². The first-order chi connectivity index (χ1) is 12.4. The highest BCUT2D eigenvalue weighted by Gasteiger charge is 2.52. The monoisotopic (exact) mass is 320 g/mol. The van der Waals surface area contributed by atoms with Gasteiger partial charge >= 0.3 is 0 Å². The zero-order valence-electron chi connectivity index (χ0n) is 14.0. The first-order valence-electron chi connectivity index (χ1n) is 8.98. The lowest BCUT2D eigenvalue weighted by Crippen LogP contribution is -2.34. The van der Waals surface area contributed by atoms with Gasteiger partial charge in [0.25, 0.3) is 0 Å². The molecule has 3 aromatic carbocycles. The van der Waals surface area contributed by atoms with Crippen molar-refractivity contribution in [2.24, 2.45) is 5.92 Å². The lowest BCUT2D eigenvalue weighted by molar-refractivity contribution is 0.456. The molecule has 0 saturated carbocycles. The van der Waals surface area contributed by atoms with Crippen LogP contribution in [0.4, 0.5) is 0 Å². The Hall–Kier alpha value is -2.86. The standard InChI is InChI=1S/C25H20/c1-3-11-19(12-4-1)25(20-13-5-2-6-14-20)23-17-9-7-15-21(23)22-16-8-10-18-24(22)25/h1-18,21,23H. The van der Waals surface area contributed by atoms with Gasteiger partial charge in [0, 0.05) is 11.8 Å². The summed E-state index contributed by atoms with van der Waals surface area (Å²) in [7, 11) is 0. The molecule has 3 aromatic rings. The molecule has 0 nitrogen and oxygen atoms in total. The Morgan fingerprint density at radius 2 is 1.12 bits per heavy atom. The molecule has 0 fully saturated rings. The average Bonchev–Trinajstić information content (AvgIpc) is 3.01. The van der Waals surface area contributed by atoms with Crippen molar-refractivity contribution < 1.29 is 0 Å². The maximum atomic E-state index is 2.41. The Balaban J connectivity index is 1.90. The molecule has 0 heteroatoms. The normalized spacial score (nSPS) is 22.4. The van der Waals surface area contributed by atoms with Crippen molar-refractivity contribution >= 4 is 0 Å². The van der Waals surface area contributed by atoms with E-state index in [9.17, 15) is 0 Å². The van der Waals surface area contributed by atoms with Gasteiger partial charge in [-0.1, -0.05) is 109 Å². The molecule has 0 N–H and O–H groups in total. The quantitative estimate of drug-likeness (QED) is 0.555. The Bertz CT molecular complexity index is 908. The van der Waals surface area contributed by atoms with Crippen molar-refractivity contribution in [1.29, 1.82) is 0 Å².